The summed E-state index contributed by atoms with van der Waals surface area (Å²) in [5, 5.41) is 3.49. The fraction of sp³-hybridized carbons (Fsp3) is 0.417. The maximum Gasteiger partial charge on any atom is 0.244 e. The van der Waals surface area contributed by atoms with Gasteiger partial charge in [0.05, 0.1) is 11.9 Å². The number of anilines is 1. The van der Waals surface area contributed by atoms with Gasteiger partial charge in [0.15, 0.2) is 0 Å². The molecule has 2 aromatic carbocycles. The number of halogens is 1. The highest BCUT2D eigenvalue weighted by Gasteiger charge is 2.32. The van der Waals surface area contributed by atoms with E-state index in [1.165, 1.54) is 4.90 Å². The highest BCUT2D eigenvalue weighted by atomic mass is 35.5. The van der Waals surface area contributed by atoms with Crippen molar-refractivity contribution in [1.82, 2.24) is 10.2 Å². The second-order valence-electron chi connectivity index (χ2n) is 8.92. The van der Waals surface area contributed by atoms with Gasteiger partial charge in [-0.25, -0.2) is 8.42 Å². The van der Waals surface area contributed by atoms with Gasteiger partial charge in [-0.1, -0.05) is 48.9 Å². The Labute approximate surface area is 201 Å². The van der Waals surface area contributed by atoms with Crippen LogP contribution in [0.15, 0.2) is 54.6 Å². The van der Waals surface area contributed by atoms with E-state index in [0.29, 0.717) is 17.1 Å². The van der Waals surface area contributed by atoms with Gasteiger partial charge >= 0.3 is 0 Å². The summed E-state index contributed by atoms with van der Waals surface area (Å²) in [6.07, 6.45) is 1.42. The van der Waals surface area contributed by atoms with Crippen molar-refractivity contribution < 1.29 is 18.0 Å². The second kappa shape index (κ2) is 11.0. The highest BCUT2D eigenvalue weighted by Crippen LogP contribution is 2.20. The minimum atomic E-state index is -3.74. The van der Waals surface area contributed by atoms with Crippen LogP contribution in [0.4, 0.5) is 5.69 Å². The van der Waals surface area contributed by atoms with Gasteiger partial charge in [0, 0.05) is 17.1 Å². The summed E-state index contributed by atoms with van der Waals surface area (Å²) in [7, 11) is -3.74. The molecule has 0 fully saturated rings. The van der Waals surface area contributed by atoms with E-state index in [1.54, 1.807) is 54.6 Å². The zero-order valence-electron chi connectivity index (χ0n) is 19.7. The molecule has 0 aliphatic rings. The van der Waals surface area contributed by atoms with Gasteiger partial charge in [-0.15, -0.1) is 0 Å². The van der Waals surface area contributed by atoms with Crippen LogP contribution in [0.1, 0.15) is 39.7 Å². The summed E-state index contributed by atoms with van der Waals surface area (Å²) in [6.45, 7) is 7.13. The molecule has 7 nitrogen and oxygen atoms in total. The first-order chi connectivity index (χ1) is 15.3. The highest BCUT2D eigenvalue weighted by molar-refractivity contribution is 7.92. The molecule has 180 valence electrons. The van der Waals surface area contributed by atoms with E-state index in [-0.39, 0.29) is 12.5 Å². The Hall–Kier alpha value is -2.58. The number of hydrogen-bond acceptors (Lipinski definition) is 4. The Morgan fingerprint density at radius 3 is 2.09 bits per heavy atom. The van der Waals surface area contributed by atoms with Crippen LogP contribution < -0.4 is 9.62 Å². The summed E-state index contributed by atoms with van der Waals surface area (Å²) < 4.78 is 26.1. The number of benzene rings is 2. The zero-order chi connectivity index (χ0) is 24.8. The summed E-state index contributed by atoms with van der Waals surface area (Å²) >= 11 is 5.99. The molecular formula is C24H32ClN3O4S. The maximum atomic E-state index is 13.5. The van der Waals surface area contributed by atoms with Crippen molar-refractivity contribution in [2.45, 2.75) is 52.2 Å². The van der Waals surface area contributed by atoms with Crippen LogP contribution in [0.2, 0.25) is 5.02 Å². The summed E-state index contributed by atoms with van der Waals surface area (Å²) in [6, 6.07) is 14.6. The van der Waals surface area contributed by atoms with Crippen LogP contribution in [0, 0.1) is 0 Å². The monoisotopic (exact) mass is 493 g/mol. The number of para-hydroxylation sites is 1. The standard InChI is InChI=1S/C24H32ClN3O4S/c1-6-21(23(30)26-24(2,3)4)27(16-18-12-14-19(25)15-13-18)22(29)17-28(33(5,31)32)20-10-8-7-9-11-20/h7-15,21H,6,16-17H2,1-5H3,(H,26,30)/t21-/m1/s1. The van der Waals surface area contributed by atoms with Crippen LogP contribution in [-0.2, 0) is 26.2 Å². The molecule has 2 aromatic rings. The van der Waals surface area contributed by atoms with Crippen LogP contribution in [-0.4, -0.2) is 49.5 Å². The molecule has 0 aromatic heterocycles. The van der Waals surface area contributed by atoms with E-state index in [2.05, 4.69) is 5.32 Å². The van der Waals surface area contributed by atoms with Crippen molar-refractivity contribution in [3.8, 4) is 0 Å². The van der Waals surface area contributed by atoms with E-state index < -0.39 is 34.1 Å². The zero-order valence-corrected chi connectivity index (χ0v) is 21.3. The van der Waals surface area contributed by atoms with Gasteiger partial charge in [0.2, 0.25) is 21.8 Å². The first-order valence-corrected chi connectivity index (χ1v) is 12.9. The van der Waals surface area contributed by atoms with Gasteiger partial charge in [-0.2, -0.15) is 0 Å². The van der Waals surface area contributed by atoms with Gasteiger partial charge in [0.25, 0.3) is 0 Å². The molecule has 0 saturated carbocycles. The maximum absolute atomic E-state index is 13.5. The van der Waals surface area contributed by atoms with Crippen molar-refractivity contribution in [2.24, 2.45) is 0 Å². The van der Waals surface area contributed by atoms with Gasteiger partial charge in [-0.05, 0) is 57.0 Å². The van der Waals surface area contributed by atoms with Gasteiger partial charge < -0.3 is 10.2 Å². The van der Waals surface area contributed by atoms with E-state index in [1.807, 2.05) is 27.7 Å². The lowest BCUT2D eigenvalue weighted by atomic mass is 10.1. The first kappa shape index (κ1) is 26.7. The second-order valence-corrected chi connectivity index (χ2v) is 11.3. The third kappa shape index (κ3) is 8.05. The number of rotatable bonds is 9. The number of nitrogens with zero attached hydrogens (tertiary/aromatic N) is 2. The Morgan fingerprint density at radius 1 is 1.03 bits per heavy atom. The molecule has 0 aliphatic heterocycles. The van der Waals surface area contributed by atoms with Gasteiger partial charge in [0.1, 0.15) is 12.6 Å². The number of nitrogens with one attached hydrogen (secondary N) is 1. The first-order valence-electron chi connectivity index (χ1n) is 10.7. The smallest absolute Gasteiger partial charge is 0.244 e. The lowest BCUT2D eigenvalue weighted by molar-refractivity contribution is -0.141. The molecule has 0 aliphatic carbocycles. The van der Waals surface area contributed by atoms with Crippen LogP contribution in [0.5, 0.6) is 0 Å². The molecule has 2 rings (SSSR count). The Bertz CT molecular complexity index is 1050. The summed E-state index contributed by atoms with van der Waals surface area (Å²) in [4.78, 5) is 28.0. The van der Waals surface area contributed by atoms with Crippen molar-refractivity contribution in [3.05, 3.63) is 65.2 Å². The predicted octanol–water partition coefficient (Wildman–Crippen LogP) is 3.83. The minimum Gasteiger partial charge on any atom is -0.350 e. The third-order valence-electron chi connectivity index (χ3n) is 4.87. The number of carbonyl (C=O) groups is 2. The molecule has 1 atom stereocenters. The molecule has 0 radical (unpaired) electrons. The van der Waals surface area contributed by atoms with E-state index in [4.69, 9.17) is 11.6 Å². The van der Waals surface area contributed by atoms with Crippen molar-refractivity contribution >= 4 is 39.1 Å². The Morgan fingerprint density at radius 2 is 1.61 bits per heavy atom. The van der Waals surface area contributed by atoms with Crippen molar-refractivity contribution in [1.29, 1.82) is 0 Å². The SMILES string of the molecule is CC[C@H](C(=O)NC(C)(C)C)N(Cc1ccc(Cl)cc1)C(=O)CN(c1ccccc1)S(C)(=O)=O. The predicted molar refractivity (Wildman–Crippen MR) is 133 cm³/mol. The molecule has 33 heavy (non-hydrogen) atoms. The fourth-order valence-corrected chi connectivity index (χ4v) is 4.34. The molecule has 0 spiro atoms. The molecule has 0 heterocycles. The lowest BCUT2D eigenvalue weighted by Gasteiger charge is -2.34. The normalized spacial score (nSPS) is 12.7. The number of carbonyl (C=O) groups excluding carboxylic acids is 2. The Balaban J connectivity index is 2.42. The van der Waals surface area contributed by atoms with Crippen molar-refractivity contribution in [3.63, 3.8) is 0 Å². The van der Waals surface area contributed by atoms with E-state index >= 15 is 0 Å². The van der Waals surface area contributed by atoms with Gasteiger partial charge in [-0.3, -0.25) is 13.9 Å². The minimum absolute atomic E-state index is 0.137. The van der Waals surface area contributed by atoms with Crippen LogP contribution >= 0.6 is 11.6 Å². The summed E-state index contributed by atoms with van der Waals surface area (Å²) in [5.74, 6) is -0.770. The number of sulfonamides is 1. The molecule has 0 saturated heterocycles. The van der Waals surface area contributed by atoms with Crippen molar-refractivity contribution in [2.75, 3.05) is 17.1 Å². The average molecular weight is 494 g/mol. The average Bonchev–Trinajstić information content (AvgIpc) is 2.71. The third-order valence-corrected chi connectivity index (χ3v) is 6.27. The van der Waals surface area contributed by atoms with E-state index in [9.17, 15) is 18.0 Å². The fourth-order valence-electron chi connectivity index (χ4n) is 3.37. The molecular weight excluding hydrogens is 462 g/mol. The molecule has 9 heteroatoms. The van der Waals surface area contributed by atoms with E-state index in [0.717, 1.165) is 16.1 Å². The largest absolute Gasteiger partial charge is 0.350 e. The number of hydrogen-bond donors (Lipinski definition) is 1. The number of amides is 2. The molecule has 1 N–H and O–H groups in total. The van der Waals surface area contributed by atoms with Crippen LogP contribution in [0.25, 0.3) is 0 Å². The molecule has 0 bridgehead atoms. The lowest BCUT2D eigenvalue weighted by Crippen LogP contribution is -2.55. The molecule has 0 unspecified atom stereocenters. The quantitative estimate of drug-likeness (QED) is 0.575. The molecule has 2 amide bonds. The summed E-state index contributed by atoms with van der Waals surface area (Å²) in [5.41, 5.74) is 0.676. The Kier molecular flexibility index (Phi) is 8.91. The van der Waals surface area contributed by atoms with Crippen LogP contribution in [0.3, 0.4) is 0 Å². The topological polar surface area (TPSA) is 86.8 Å².